The molecule has 0 saturated heterocycles. The fourth-order valence-corrected chi connectivity index (χ4v) is 8.43. The fourth-order valence-electron chi connectivity index (χ4n) is 1.95. The zero-order valence-corrected chi connectivity index (χ0v) is 19.0. The van der Waals surface area contributed by atoms with Crippen LogP contribution < -0.4 is 0 Å². The number of esters is 2. The summed E-state index contributed by atoms with van der Waals surface area (Å²) in [5, 5.41) is 0. The van der Waals surface area contributed by atoms with Crippen LogP contribution in [0.3, 0.4) is 0 Å². The van der Waals surface area contributed by atoms with Crippen molar-refractivity contribution in [3.05, 3.63) is 30.6 Å². The summed E-state index contributed by atoms with van der Waals surface area (Å²) < 4.78 is 60.5. The van der Waals surface area contributed by atoms with Gasteiger partial charge in [0.15, 0.2) is 0 Å². The molecular formula is C13H11Cl2NO8S4. The van der Waals surface area contributed by atoms with Gasteiger partial charge in [0.1, 0.15) is 19.5 Å². The lowest BCUT2D eigenvalue weighted by Crippen LogP contribution is -2.34. The van der Waals surface area contributed by atoms with Gasteiger partial charge in [-0.2, -0.15) is 0 Å². The van der Waals surface area contributed by atoms with E-state index in [2.05, 4.69) is 9.47 Å². The minimum atomic E-state index is -4.77. The molecule has 0 aliphatic heterocycles. The Labute approximate surface area is 178 Å². The van der Waals surface area contributed by atoms with Gasteiger partial charge in [-0.3, -0.25) is 0 Å². The molecular weight excluding hydrogens is 497 g/mol. The molecule has 0 saturated carbocycles. The van der Waals surface area contributed by atoms with Crippen LogP contribution in [0.5, 0.6) is 0 Å². The Morgan fingerprint density at radius 2 is 1.18 bits per heavy atom. The van der Waals surface area contributed by atoms with Crippen molar-refractivity contribution in [1.82, 2.24) is 3.71 Å². The van der Waals surface area contributed by atoms with E-state index in [9.17, 15) is 26.4 Å². The van der Waals surface area contributed by atoms with Gasteiger partial charge < -0.3 is 9.47 Å². The van der Waals surface area contributed by atoms with Crippen molar-refractivity contribution in [2.45, 2.75) is 9.79 Å². The SMILES string of the molecule is COC(=O)c1sc(Cl)cc1S(=O)(=O)N(C)S(=O)(=O)c1cc(Cl)sc1C(=O)OC. The molecule has 0 N–H and O–H groups in total. The van der Waals surface area contributed by atoms with Gasteiger partial charge in [-0.1, -0.05) is 26.9 Å². The summed E-state index contributed by atoms with van der Waals surface area (Å²) in [6.45, 7) is 0. The first kappa shape index (κ1) is 23.1. The van der Waals surface area contributed by atoms with Gasteiger partial charge in [0.25, 0.3) is 20.0 Å². The Balaban J connectivity index is 2.64. The number of nitrogens with zero attached hydrogens (tertiary/aromatic N) is 1. The summed E-state index contributed by atoms with van der Waals surface area (Å²) in [5.41, 5.74) is 0. The van der Waals surface area contributed by atoms with Gasteiger partial charge in [-0.05, 0) is 12.1 Å². The number of halogens is 2. The first-order valence-corrected chi connectivity index (χ1v) is 12.1. The Bertz CT molecular complexity index is 1060. The second-order valence-corrected chi connectivity index (χ2v) is 12.3. The van der Waals surface area contributed by atoms with E-state index in [0.717, 1.165) is 33.4 Å². The van der Waals surface area contributed by atoms with E-state index >= 15 is 0 Å². The molecule has 0 amide bonds. The predicted octanol–water partition coefficient (Wildman–Crippen LogP) is 2.70. The number of ether oxygens (including phenoxy) is 2. The highest BCUT2D eigenvalue weighted by molar-refractivity contribution is 8.04. The summed E-state index contributed by atoms with van der Waals surface area (Å²) >= 11 is 12.8. The van der Waals surface area contributed by atoms with E-state index in [1.165, 1.54) is 0 Å². The van der Waals surface area contributed by atoms with Crippen molar-refractivity contribution in [3.8, 4) is 0 Å². The summed E-state index contributed by atoms with van der Waals surface area (Å²) in [4.78, 5) is 21.6. The van der Waals surface area contributed by atoms with Gasteiger partial charge in [-0.25, -0.2) is 26.4 Å². The number of carbonyl (C=O) groups excluding carboxylic acids is 2. The van der Waals surface area contributed by atoms with E-state index < -0.39 is 51.5 Å². The average Bonchev–Trinajstić information content (AvgIpc) is 3.23. The molecule has 0 unspecified atom stereocenters. The van der Waals surface area contributed by atoms with Crippen LogP contribution in [0.15, 0.2) is 21.9 Å². The summed E-state index contributed by atoms with van der Waals surface area (Å²) in [6.07, 6.45) is 0. The van der Waals surface area contributed by atoms with Crippen molar-refractivity contribution in [1.29, 1.82) is 0 Å². The van der Waals surface area contributed by atoms with Crippen LogP contribution in [-0.2, 0) is 29.5 Å². The van der Waals surface area contributed by atoms with Gasteiger partial charge >= 0.3 is 11.9 Å². The third-order valence-corrected chi connectivity index (χ3v) is 10.3. The molecule has 2 heterocycles. The first-order chi connectivity index (χ1) is 12.9. The van der Waals surface area contributed by atoms with Crippen LogP contribution >= 0.6 is 45.9 Å². The number of sulfonamides is 2. The quantitative estimate of drug-likeness (QED) is 0.546. The van der Waals surface area contributed by atoms with Gasteiger partial charge in [0.05, 0.1) is 22.9 Å². The number of hydrogen-bond donors (Lipinski definition) is 0. The third-order valence-electron chi connectivity index (χ3n) is 3.31. The lowest BCUT2D eigenvalue weighted by atomic mass is 10.5. The van der Waals surface area contributed by atoms with Crippen LogP contribution in [-0.4, -0.2) is 53.8 Å². The molecule has 15 heteroatoms. The normalized spacial score (nSPS) is 12.2. The zero-order chi connectivity index (χ0) is 21.4. The van der Waals surface area contributed by atoms with Gasteiger partial charge in [0, 0.05) is 7.05 Å². The number of thiophene rings is 2. The molecule has 0 aliphatic rings. The van der Waals surface area contributed by atoms with Gasteiger partial charge in [-0.15, -0.1) is 22.7 Å². The smallest absolute Gasteiger partial charge is 0.349 e. The van der Waals surface area contributed by atoms with Crippen LogP contribution in [0.1, 0.15) is 19.3 Å². The lowest BCUT2D eigenvalue weighted by molar-refractivity contribution is 0.0593. The number of hydrogen-bond acceptors (Lipinski definition) is 10. The summed E-state index contributed by atoms with van der Waals surface area (Å²) in [6, 6.07) is 1.86. The van der Waals surface area contributed by atoms with Crippen LogP contribution in [0.4, 0.5) is 0 Å². The second-order valence-electron chi connectivity index (χ2n) is 4.86. The molecule has 154 valence electrons. The van der Waals surface area contributed by atoms with E-state index in [1.807, 2.05) is 0 Å². The van der Waals surface area contributed by atoms with E-state index in [0.29, 0.717) is 22.7 Å². The van der Waals surface area contributed by atoms with E-state index in [-0.39, 0.29) is 12.4 Å². The molecule has 0 aromatic carbocycles. The topological polar surface area (TPSA) is 124 Å². The largest absolute Gasteiger partial charge is 0.465 e. The van der Waals surface area contributed by atoms with E-state index in [4.69, 9.17) is 23.2 Å². The maximum absolute atomic E-state index is 12.9. The Kier molecular flexibility index (Phi) is 6.80. The Hall–Kier alpha value is -1.22. The summed E-state index contributed by atoms with van der Waals surface area (Å²) in [7, 11) is -6.72. The standard InChI is InChI=1S/C13H11Cl2NO8S4/c1-16(27(19,20)6-4-8(14)25-10(6)12(17)23-2)28(21,22)7-5-9(15)26-11(7)13(18)24-3/h4-5H,1-3H3. The zero-order valence-electron chi connectivity index (χ0n) is 14.3. The molecule has 9 nitrogen and oxygen atoms in total. The monoisotopic (exact) mass is 507 g/mol. The maximum atomic E-state index is 12.9. The second kappa shape index (κ2) is 8.26. The number of carbonyl (C=O) groups is 2. The van der Waals surface area contributed by atoms with Gasteiger partial charge in [0.2, 0.25) is 0 Å². The molecule has 2 aromatic heterocycles. The first-order valence-electron chi connectivity index (χ1n) is 6.87. The minimum Gasteiger partial charge on any atom is -0.465 e. The molecule has 2 aromatic rings. The van der Waals surface area contributed by atoms with Crippen molar-refractivity contribution >= 4 is 77.9 Å². The van der Waals surface area contributed by atoms with Crippen LogP contribution in [0, 0.1) is 0 Å². The highest BCUT2D eigenvalue weighted by atomic mass is 35.5. The van der Waals surface area contributed by atoms with Crippen molar-refractivity contribution in [3.63, 3.8) is 0 Å². The van der Waals surface area contributed by atoms with Crippen molar-refractivity contribution < 1.29 is 35.9 Å². The van der Waals surface area contributed by atoms with Crippen molar-refractivity contribution in [2.75, 3.05) is 21.3 Å². The minimum absolute atomic E-state index is 0.0235. The predicted molar refractivity (Wildman–Crippen MR) is 103 cm³/mol. The molecule has 2 rings (SSSR count). The molecule has 28 heavy (non-hydrogen) atoms. The highest BCUT2D eigenvalue weighted by Crippen LogP contribution is 2.37. The average molecular weight is 508 g/mol. The lowest BCUT2D eigenvalue weighted by Gasteiger charge is -2.17. The molecule has 0 fully saturated rings. The molecule has 0 spiro atoms. The van der Waals surface area contributed by atoms with E-state index in [1.54, 1.807) is 0 Å². The van der Waals surface area contributed by atoms with Crippen LogP contribution in [0.25, 0.3) is 0 Å². The fraction of sp³-hybridized carbons (Fsp3) is 0.231. The van der Waals surface area contributed by atoms with Crippen LogP contribution in [0.2, 0.25) is 8.67 Å². The molecule has 0 aliphatic carbocycles. The molecule has 0 radical (unpaired) electrons. The number of methoxy groups -OCH3 is 2. The third kappa shape index (κ3) is 4.06. The highest BCUT2D eigenvalue weighted by Gasteiger charge is 2.40. The summed E-state index contributed by atoms with van der Waals surface area (Å²) in [5.74, 6) is -2.01. The number of rotatable bonds is 6. The maximum Gasteiger partial charge on any atom is 0.349 e. The van der Waals surface area contributed by atoms with Crippen molar-refractivity contribution in [2.24, 2.45) is 0 Å². The molecule has 0 bridgehead atoms. The molecule has 0 atom stereocenters. The Morgan fingerprint density at radius 1 is 0.857 bits per heavy atom. The Morgan fingerprint density at radius 3 is 1.46 bits per heavy atom.